The van der Waals surface area contributed by atoms with Gasteiger partial charge in [0.05, 0.1) is 11.2 Å². The van der Waals surface area contributed by atoms with Crippen molar-refractivity contribution < 1.29 is 9.31 Å². The van der Waals surface area contributed by atoms with Crippen molar-refractivity contribution in [2.75, 3.05) is 0 Å². The van der Waals surface area contributed by atoms with E-state index in [-0.39, 0.29) is 18.3 Å². The second kappa shape index (κ2) is 4.01. The molecule has 0 spiro atoms. The summed E-state index contributed by atoms with van der Waals surface area (Å²) >= 11 is 6.12. The number of benzene rings is 1. The molecule has 17 heavy (non-hydrogen) atoms. The van der Waals surface area contributed by atoms with Gasteiger partial charge in [0.1, 0.15) is 0 Å². The average molecular weight is 253 g/mol. The van der Waals surface area contributed by atoms with Gasteiger partial charge in [0.15, 0.2) is 0 Å². The predicted molar refractivity (Wildman–Crippen MR) is 71.9 cm³/mol. The molecule has 0 aliphatic carbocycles. The highest BCUT2D eigenvalue weighted by molar-refractivity contribution is 6.63. The first-order chi connectivity index (χ1) is 7.74. The van der Waals surface area contributed by atoms with Crippen LogP contribution in [0.4, 0.5) is 0 Å². The molecule has 1 aliphatic rings. The van der Waals surface area contributed by atoms with Crippen molar-refractivity contribution in [3.05, 3.63) is 28.8 Å². The fourth-order valence-electron chi connectivity index (χ4n) is 1.85. The van der Waals surface area contributed by atoms with E-state index in [4.69, 9.17) is 20.9 Å². The normalized spacial score (nSPS) is 21.9. The van der Waals surface area contributed by atoms with Crippen LogP contribution in [-0.4, -0.2) is 18.3 Å². The highest BCUT2D eigenvalue weighted by atomic mass is 35.5. The average Bonchev–Trinajstić information content (AvgIpc) is 2.40. The third-order valence-electron chi connectivity index (χ3n) is 3.82. The van der Waals surface area contributed by atoms with Crippen LogP contribution in [0.5, 0.6) is 0 Å². The molecule has 0 N–H and O–H groups in total. The first-order valence-electron chi connectivity index (χ1n) is 5.85. The molecule has 0 aromatic heterocycles. The topological polar surface area (TPSA) is 18.5 Å². The second-order valence-corrected chi connectivity index (χ2v) is 5.95. The summed E-state index contributed by atoms with van der Waals surface area (Å²) in [5.41, 5.74) is 1.41. The first-order valence-corrected chi connectivity index (χ1v) is 6.23. The van der Waals surface area contributed by atoms with Crippen LogP contribution in [0, 0.1) is 6.92 Å². The molecule has 1 heterocycles. The van der Waals surface area contributed by atoms with Crippen LogP contribution >= 0.6 is 11.6 Å². The van der Waals surface area contributed by atoms with Crippen molar-refractivity contribution in [3.63, 3.8) is 0 Å². The molecule has 1 saturated heterocycles. The molecule has 0 unspecified atom stereocenters. The first kappa shape index (κ1) is 12.9. The van der Waals surface area contributed by atoms with Crippen molar-refractivity contribution in [2.24, 2.45) is 0 Å². The van der Waals surface area contributed by atoms with Crippen LogP contribution in [0.15, 0.2) is 18.2 Å². The Morgan fingerprint density at radius 3 is 2.12 bits per heavy atom. The summed E-state index contributed by atoms with van der Waals surface area (Å²) in [6, 6.07) is 5.81. The number of hydrogen-bond acceptors (Lipinski definition) is 2. The van der Waals surface area contributed by atoms with E-state index in [0.717, 1.165) is 16.0 Å². The van der Waals surface area contributed by atoms with Gasteiger partial charge < -0.3 is 9.31 Å². The second-order valence-electron chi connectivity index (χ2n) is 5.54. The molecular formula is C13H18BClO2. The fourth-order valence-corrected chi connectivity index (χ4v) is 2.03. The molecule has 92 valence electrons. The largest absolute Gasteiger partial charge is 0.495 e. The number of hydrogen-bond donors (Lipinski definition) is 0. The Labute approximate surface area is 108 Å². The molecule has 1 aliphatic heterocycles. The summed E-state index contributed by atoms with van der Waals surface area (Å²) in [7, 11) is -0.335. The lowest BCUT2D eigenvalue weighted by molar-refractivity contribution is 0.00578. The quantitative estimate of drug-likeness (QED) is 0.716. The van der Waals surface area contributed by atoms with E-state index < -0.39 is 0 Å². The van der Waals surface area contributed by atoms with Crippen LogP contribution in [0.1, 0.15) is 33.3 Å². The zero-order chi connectivity index (χ0) is 12.8. The summed E-state index contributed by atoms with van der Waals surface area (Å²) in [5, 5.41) is 0.747. The maximum Gasteiger partial charge on any atom is 0.495 e. The van der Waals surface area contributed by atoms with E-state index in [1.165, 1.54) is 0 Å². The van der Waals surface area contributed by atoms with Crippen molar-refractivity contribution in [1.29, 1.82) is 0 Å². The van der Waals surface area contributed by atoms with Gasteiger partial charge in [-0.3, -0.25) is 0 Å². The molecule has 1 fully saturated rings. The Bertz CT molecular complexity index is 427. The summed E-state index contributed by atoms with van der Waals surface area (Å²) in [6.07, 6.45) is 0. The molecule has 0 saturated carbocycles. The smallest absolute Gasteiger partial charge is 0.399 e. The van der Waals surface area contributed by atoms with E-state index in [0.29, 0.717) is 0 Å². The molecular weight excluding hydrogens is 234 g/mol. The Kier molecular flexibility index (Phi) is 3.05. The molecule has 0 atom stereocenters. The van der Waals surface area contributed by atoms with Gasteiger partial charge in [-0.1, -0.05) is 23.7 Å². The van der Waals surface area contributed by atoms with Crippen LogP contribution in [0.3, 0.4) is 0 Å². The highest BCUT2D eigenvalue weighted by Gasteiger charge is 2.52. The van der Waals surface area contributed by atoms with Gasteiger partial charge >= 0.3 is 7.12 Å². The fraction of sp³-hybridized carbons (Fsp3) is 0.538. The Balaban J connectivity index is 2.36. The summed E-state index contributed by atoms with van der Waals surface area (Å²) in [6.45, 7) is 10.2. The van der Waals surface area contributed by atoms with E-state index in [1.54, 1.807) is 0 Å². The zero-order valence-corrected chi connectivity index (χ0v) is 11.8. The monoisotopic (exact) mass is 252 g/mol. The minimum Gasteiger partial charge on any atom is -0.399 e. The van der Waals surface area contributed by atoms with E-state index >= 15 is 0 Å². The molecule has 0 bridgehead atoms. The molecule has 4 heteroatoms. The summed E-state index contributed by atoms with van der Waals surface area (Å²) in [4.78, 5) is 0. The lowest BCUT2D eigenvalue weighted by Crippen LogP contribution is -2.41. The maximum absolute atomic E-state index is 6.12. The van der Waals surface area contributed by atoms with Gasteiger partial charge in [-0.15, -0.1) is 0 Å². The molecule has 2 nitrogen and oxygen atoms in total. The van der Waals surface area contributed by atoms with E-state index in [9.17, 15) is 0 Å². The van der Waals surface area contributed by atoms with E-state index in [2.05, 4.69) is 0 Å². The van der Waals surface area contributed by atoms with Gasteiger partial charge in [0.2, 0.25) is 0 Å². The van der Waals surface area contributed by atoms with Gasteiger partial charge in [0, 0.05) is 5.02 Å². The van der Waals surface area contributed by atoms with Crippen molar-refractivity contribution in [3.8, 4) is 0 Å². The lowest BCUT2D eigenvalue weighted by atomic mass is 9.76. The molecule has 1 aromatic carbocycles. The standard InChI is InChI=1S/C13H18BClO2/c1-9-10(7-6-8-11(9)15)14-16-12(2,3)13(4,5)17-14/h6-8H,1-5H3. The van der Waals surface area contributed by atoms with Gasteiger partial charge in [-0.05, 0) is 51.7 Å². The highest BCUT2D eigenvalue weighted by Crippen LogP contribution is 2.36. The molecule has 2 rings (SSSR count). The molecule has 1 aromatic rings. The summed E-state index contributed by atoms with van der Waals surface area (Å²) < 4.78 is 12.0. The lowest BCUT2D eigenvalue weighted by Gasteiger charge is -2.32. The number of halogens is 1. The van der Waals surface area contributed by atoms with Gasteiger partial charge in [0.25, 0.3) is 0 Å². The predicted octanol–water partition coefficient (Wildman–Crippen LogP) is 2.95. The Morgan fingerprint density at radius 1 is 1.06 bits per heavy atom. The van der Waals surface area contributed by atoms with Crippen LogP contribution in [0.25, 0.3) is 0 Å². The van der Waals surface area contributed by atoms with Crippen molar-refractivity contribution in [1.82, 2.24) is 0 Å². The Morgan fingerprint density at radius 2 is 1.59 bits per heavy atom. The maximum atomic E-state index is 6.12. The van der Waals surface area contributed by atoms with Gasteiger partial charge in [-0.25, -0.2) is 0 Å². The zero-order valence-electron chi connectivity index (χ0n) is 11.0. The van der Waals surface area contributed by atoms with Crippen molar-refractivity contribution in [2.45, 2.75) is 45.8 Å². The minimum atomic E-state index is -0.335. The Hall–Kier alpha value is -0.505. The van der Waals surface area contributed by atoms with Crippen LogP contribution in [-0.2, 0) is 9.31 Å². The number of rotatable bonds is 1. The van der Waals surface area contributed by atoms with Crippen LogP contribution in [0.2, 0.25) is 5.02 Å². The third-order valence-corrected chi connectivity index (χ3v) is 4.23. The minimum absolute atomic E-state index is 0.313. The van der Waals surface area contributed by atoms with Crippen molar-refractivity contribution >= 4 is 24.2 Å². The summed E-state index contributed by atoms with van der Waals surface area (Å²) in [5.74, 6) is 0. The van der Waals surface area contributed by atoms with Crippen LogP contribution < -0.4 is 5.46 Å². The molecule has 0 amide bonds. The van der Waals surface area contributed by atoms with E-state index in [1.807, 2.05) is 52.8 Å². The molecule has 0 radical (unpaired) electrons. The van der Waals surface area contributed by atoms with Gasteiger partial charge in [-0.2, -0.15) is 0 Å². The SMILES string of the molecule is Cc1c(Cl)cccc1B1OC(C)(C)C(C)(C)O1. The third kappa shape index (κ3) is 2.12.